The first-order valence-electron chi connectivity index (χ1n) is 7.68. The van der Waals surface area contributed by atoms with E-state index < -0.39 is 0 Å². The van der Waals surface area contributed by atoms with Crippen LogP contribution < -0.4 is 14.8 Å². The molecule has 2 aromatic carbocycles. The highest BCUT2D eigenvalue weighted by Gasteiger charge is 2.12. The highest BCUT2D eigenvalue weighted by atomic mass is 35.5. The summed E-state index contributed by atoms with van der Waals surface area (Å²) >= 11 is 7.51. The number of rotatable bonds is 6. The molecule has 1 aliphatic rings. The minimum absolute atomic E-state index is 0.0110. The number of hydrogen-bond acceptors (Lipinski definition) is 4. The van der Waals surface area contributed by atoms with E-state index in [0.29, 0.717) is 25.5 Å². The Hall–Kier alpha value is -1.85. The maximum atomic E-state index is 11.9. The maximum absolute atomic E-state index is 11.9. The molecule has 0 aromatic heterocycles. The molecule has 0 unspecified atom stereocenters. The lowest BCUT2D eigenvalue weighted by Crippen LogP contribution is -2.24. The summed E-state index contributed by atoms with van der Waals surface area (Å²) in [7, 11) is 0. The minimum Gasteiger partial charge on any atom is -0.486 e. The summed E-state index contributed by atoms with van der Waals surface area (Å²) in [6.45, 7) is 1.61. The first-order chi connectivity index (χ1) is 11.7. The molecule has 0 fully saturated rings. The van der Waals surface area contributed by atoms with Crippen molar-refractivity contribution in [3.8, 4) is 11.5 Å². The normalized spacial score (nSPS) is 12.7. The highest BCUT2D eigenvalue weighted by Crippen LogP contribution is 2.30. The minimum atomic E-state index is 0.0110. The fourth-order valence-corrected chi connectivity index (χ4v) is 3.36. The van der Waals surface area contributed by atoms with Gasteiger partial charge in [-0.3, -0.25) is 4.79 Å². The van der Waals surface area contributed by atoms with Gasteiger partial charge in [0.15, 0.2) is 11.5 Å². The molecule has 0 radical (unpaired) electrons. The van der Waals surface area contributed by atoms with Crippen molar-refractivity contribution in [3.63, 3.8) is 0 Å². The molecule has 0 atom stereocenters. The van der Waals surface area contributed by atoms with Gasteiger partial charge < -0.3 is 14.8 Å². The lowest BCUT2D eigenvalue weighted by Gasteiger charge is -2.18. The van der Waals surface area contributed by atoms with Gasteiger partial charge in [-0.15, -0.1) is 11.8 Å². The standard InChI is InChI=1S/C18H18ClNO3S/c19-15-3-1-2-14(8-15)11-24-12-18(21)20-10-13-4-5-16-17(9-13)23-7-6-22-16/h1-5,8-9H,6-7,10-12H2,(H,20,21). The molecule has 0 bridgehead atoms. The van der Waals surface area contributed by atoms with Gasteiger partial charge in [-0.2, -0.15) is 0 Å². The molecule has 24 heavy (non-hydrogen) atoms. The van der Waals surface area contributed by atoms with Gasteiger partial charge in [0.2, 0.25) is 5.91 Å². The van der Waals surface area contributed by atoms with Crippen molar-refractivity contribution >= 4 is 29.3 Å². The number of benzene rings is 2. The molecule has 0 aliphatic carbocycles. The fraction of sp³-hybridized carbons (Fsp3) is 0.278. The number of amides is 1. The molecule has 4 nitrogen and oxygen atoms in total. The predicted octanol–water partition coefficient (Wildman–Crippen LogP) is 3.66. The van der Waals surface area contributed by atoms with Gasteiger partial charge in [-0.05, 0) is 35.4 Å². The average molecular weight is 364 g/mol. The van der Waals surface area contributed by atoms with Crippen LogP contribution in [0, 0.1) is 0 Å². The Balaban J connectivity index is 1.42. The van der Waals surface area contributed by atoms with Crippen LogP contribution in [0.1, 0.15) is 11.1 Å². The Morgan fingerprint density at radius 1 is 1.08 bits per heavy atom. The van der Waals surface area contributed by atoms with Crippen LogP contribution >= 0.6 is 23.4 Å². The average Bonchev–Trinajstić information content (AvgIpc) is 2.60. The van der Waals surface area contributed by atoms with Gasteiger partial charge >= 0.3 is 0 Å². The molecule has 6 heteroatoms. The van der Waals surface area contributed by atoms with E-state index in [9.17, 15) is 4.79 Å². The second-order valence-corrected chi connectivity index (χ2v) is 6.80. The molecule has 1 heterocycles. The van der Waals surface area contributed by atoms with E-state index in [0.717, 1.165) is 33.4 Å². The van der Waals surface area contributed by atoms with Gasteiger partial charge in [-0.25, -0.2) is 0 Å². The number of fused-ring (bicyclic) bond motifs is 1. The summed E-state index contributed by atoms with van der Waals surface area (Å²) in [6, 6.07) is 13.4. The zero-order chi connectivity index (χ0) is 16.8. The van der Waals surface area contributed by atoms with Crippen LogP contribution in [0.3, 0.4) is 0 Å². The fourth-order valence-electron chi connectivity index (χ4n) is 2.34. The van der Waals surface area contributed by atoms with Gasteiger partial charge in [0.1, 0.15) is 13.2 Å². The van der Waals surface area contributed by atoms with Crippen LogP contribution in [0.2, 0.25) is 5.02 Å². The van der Waals surface area contributed by atoms with Crippen molar-refractivity contribution in [3.05, 3.63) is 58.6 Å². The Kier molecular flexibility index (Phi) is 5.88. The summed E-state index contributed by atoms with van der Waals surface area (Å²) in [5.74, 6) is 2.68. The molecule has 3 rings (SSSR count). The number of thioether (sulfide) groups is 1. The van der Waals surface area contributed by atoms with E-state index in [1.807, 2.05) is 42.5 Å². The number of carbonyl (C=O) groups is 1. The van der Waals surface area contributed by atoms with Crippen molar-refractivity contribution < 1.29 is 14.3 Å². The predicted molar refractivity (Wildman–Crippen MR) is 96.9 cm³/mol. The molecule has 0 saturated heterocycles. The number of ether oxygens (including phenoxy) is 2. The monoisotopic (exact) mass is 363 g/mol. The summed E-state index contributed by atoms with van der Waals surface area (Å²) in [5, 5.41) is 3.64. The molecule has 0 spiro atoms. The van der Waals surface area contributed by atoms with Gasteiger partial charge in [0, 0.05) is 17.3 Å². The van der Waals surface area contributed by atoms with Crippen LogP contribution in [-0.4, -0.2) is 24.9 Å². The number of nitrogens with one attached hydrogen (secondary N) is 1. The van der Waals surface area contributed by atoms with E-state index in [4.69, 9.17) is 21.1 Å². The first kappa shape index (κ1) is 17.0. The Labute approximate surface area is 150 Å². The molecule has 0 saturated carbocycles. The molecule has 126 valence electrons. The third kappa shape index (κ3) is 4.82. The largest absolute Gasteiger partial charge is 0.486 e. The third-order valence-electron chi connectivity index (χ3n) is 3.49. The van der Waals surface area contributed by atoms with E-state index in [1.54, 1.807) is 11.8 Å². The Bertz CT molecular complexity index is 723. The van der Waals surface area contributed by atoms with E-state index >= 15 is 0 Å². The smallest absolute Gasteiger partial charge is 0.230 e. The zero-order valence-electron chi connectivity index (χ0n) is 13.1. The summed E-state index contributed by atoms with van der Waals surface area (Å²) in [6.07, 6.45) is 0. The quantitative estimate of drug-likeness (QED) is 0.850. The summed E-state index contributed by atoms with van der Waals surface area (Å²) in [5.41, 5.74) is 2.11. The second kappa shape index (κ2) is 8.31. The van der Waals surface area contributed by atoms with Crippen LogP contribution in [0.25, 0.3) is 0 Å². The Morgan fingerprint density at radius 3 is 2.75 bits per heavy atom. The molecule has 1 amide bonds. The van der Waals surface area contributed by atoms with Crippen LogP contribution in [0.5, 0.6) is 11.5 Å². The summed E-state index contributed by atoms with van der Waals surface area (Å²) in [4.78, 5) is 11.9. The summed E-state index contributed by atoms with van der Waals surface area (Å²) < 4.78 is 11.0. The highest BCUT2D eigenvalue weighted by molar-refractivity contribution is 7.99. The molecule has 1 aliphatic heterocycles. The molecule has 2 aromatic rings. The first-order valence-corrected chi connectivity index (χ1v) is 9.21. The van der Waals surface area contributed by atoms with E-state index in [-0.39, 0.29) is 5.91 Å². The van der Waals surface area contributed by atoms with Crippen LogP contribution in [0.4, 0.5) is 0 Å². The van der Waals surface area contributed by atoms with Crippen LogP contribution in [-0.2, 0) is 17.1 Å². The molecular formula is C18H18ClNO3S. The lowest BCUT2D eigenvalue weighted by molar-refractivity contribution is -0.118. The number of carbonyl (C=O) groups excluding carboxylic acids is 1. The van der Waals surface area contributed by atoms with Gasteiger partial charge in [0.05, 0.1) is 5.75 Å². The van der Waals surface area contributed by atoms with Crippen LogP contribution in [0.15, 0.2) is 42.5 Å². The number of hydrogen-bond donors (Lipinski definition) is 1. The topological polar surface area (TPSA) is 47.6 Å². The lowest BCUT2D eigenvalue weighted by atomic mass is 10.2. The van der Waals surface area contributed by atoms with Crippen molar-refractivity contribution in [2.75, 3.05) is 19.0 Å². The van der Waals surface area contributed by atoms with Gasteiger partial charge in [0.25, 0.3) is 0 Å². The van der Waals surface area contributed by atoms with E-state index in [2.05, 4.69) is 5.32 Å². The van der Waals surface area contributed by atoms with Crippen molar-refractivity contribution in [2.45, 2.75) is 12.3 Å². The second-order valence-electron chi connectivity index (χ2n) is 5.38. The maximum Gasteiger partial charge on any atom is 0.230 e. The van der Waals surface area contributed by atoms with Crippen molar-refractivity contribution in [2.24, 2.45) is 0 Å². The van der Waals surface area contributed by atoms with Gasteiger partial charge in [-0.1, -0.05) is 29.8 Å². The van der Waals surface area contributed by atoms with E-state index in [1.165, 1.54) is 0 Å². The van der Waals surface area contributed by atoms with Crippen molar-refractivity contribution in [1.82, 2.24) is 5.32 Å². The SMILES string of the molecule is O=C(CSCc1cccc(Cl)c1)NCc1ccc2c(c1)OCCO2. The third-order valence-corrected chi connectivity index (χ3v) is 4.73. The number of halogens is 1. The van der Waals surface area contributed by atoms with Crippen molar-refractivity contribution in [1.29, 1.82) is 0 Å². The zero-order valence-corrected chi connectivity index (χ0v) is 14.7. The molecular weight excluding hydrogens is 346 g/mol. The Morgan fingerprint density at radius 2 is 1.92 bits per heavy atom. The molecule has 1 N–H and O–H groups in total.